The summed E-state index contributed by atoms with van der Waals surface area (Å²) < 4.78 is 0. The Kier molecular flexibility index (Phi) is 4.53. The van der Waals surface area contributed by atoms with Crippen LogP contribution >= 0.6 is 0 Å². The zero-order valence-electron chi connectivity index (χ0n) is 11.7. The van der Waals surface area contributed by atoms with E-state index in [2.05, 4.69) is 41.1 Å². The van der Waals surface area contributed by atoms with Gasteiger partial charge in [-0.2, -0.15) is 0 Å². The van der Waals surface area contributed by atoms with Crippen LogP contribution in [-0.2, 0) is 6.54 Å². The molecule has 1 fully saturated rings. The first-order valence-electron chi connectivity index (χ1n) is 6.90. The van der Waals surface area contributed by atoms with Gasteiger partial charge in [0.2, 0.25) is 5.95 Å². The zero-order chi connectivity index (χ0) is 13.0. The molecular weight excluding hydrogens is 224 g/mol. The maximum Gasteiger partial charge on any atom is 0.225 e. The number of aromatic nitrogens is 2. The van der Waals surface area contributed by atoms with Gasteiger partial charge < -0.3 is 10.2 Å². The van der Waals surface area contributed by atoms with Crippen LogP contribution in [0.15, 0.2) is 12.4 Å². The van der Waals surface area contributed by atoms with Crippen LogP contribution in [-0.4, -0.2) is 29.6 Å². The van der Waals surface area contributed by atoms with Gasteiger partial charge in [-0.25, -0.2) is 9.97 Å². The lowest BCUT2D eigenvalue weighted by molar-refractivity contribution is 0.320. The van der Waals surface area contributed by atoms with Crippen molar-refractivity contribution in [2.75, 3.05) is 18.5 Å². The maximum atomic E-state index is 4.44. The molecule has 0 spiro atoms. The monoisotopic (exact) mass is 248 g/mol. The van der Waals surface area contributed by atoms with Gasteiger partial charge in [-0.15, -0.1) is 0 Å². The van der Waals surface area contributed by atoms with E-state index in [0.717, 1.165) is 30.5 Å². The SMILES string of the molecule is CC(C)NCc1cnc(N(C)CC2CCC2)nc1. The molecule has 1 N–H and O–H groups in total. The Morgan fingerprint density at radius 2 is 2.00 bits per heavy atom. The van der Waals surface area contributed by atoms with Crippen LogP contribution in [0.3, 0.4) is 0 Å². The van der Waals surface area contributed by atoms with Gasteiger partial charge >= 0.3 is 0 Å². The molecule has 1 aliphatic rings. The van der Waals surface area contributed by atoms with Crippen molar-refractivity contribution in [3.8, 4) is 0 Å². The highest BCUT2D eigenvalue weighted by atomic mass is 15.2. The predicted octanol–water partition coefficient (Wildman–Crippen LogP) is 2.21. The zero-order valence-corrected chi connectivity index (χ0v) is 11.7. The lowest BCUT2D eigenvalue weighted by atomic mass is 9.85. The van der Waals surface area contributed by atoms with Crippen molar-refractivity contribution < 1.29 is 0 Å². The average Bonchev–Trinajstić information content (AvgIpc) is 2.31. The molecular formula is C14H24N4. The summed E-state index contributed by atoms with van der Waals surface area (Å²) in [6, 6.07) is 0.492. The molecule has 0 aromatic carbocycles. The van der Waals surface area contributed by atoms with Gasteiger partial charge in [0.05, 0.1) is 0 Å². The molecule has 0 aliphatic heterocycles. The molecule has 1 aliphatic carbocycles. The van der Waals surface area contributed by atoms with Gasteiger partial charge in [0.25, 0.3) is 0 Å². The summed E-state index contributed by atoms with van der Waals surface area (Å²) >= 11 is 0. The maximum absolute atomic E-state index is 4.44. The molecule has 0 amide bonds. The topological polar surface area (TPSA) is 41.1 Å². The fourth-order valence-electron chi connectivity index (χ4n) is 2.10. The van der Waals surface area contributed by atoms with Crippen molar-refractivity contribution in [1.29, 1.82) is 0 Å². The lowest BCUT2D eigenvalue weighted by Gasteiger charge is -2.30. The first-order valence-corrected chi connectivity index (χ1v) is 6.90. The minimum atomic E-state index is 0.492. The molecule has 2 rings (SSSR count). The Hall–Kier alpha value is -1.16. The third-order valence-electron chi connectivity index (χ3n) is 3.50. The average molecular weight is 248 g/mol. The summed E-state index contributed by atoms with van der Waals surface area (Å²) in [6.07, 6.45) is 7.96. The molecule has 1 aromatic rings. The van der Waals surface area contributed by atoms with E-state index in [1.807, 2.05) is 12.4 Å². The number of nitrogens with zero attached hydrogens (tertiary/aromatic N) is 3. The van der Waals surface area contributed by atoms with Crippen molar-refractivity contribution in [3.63, 3.8) is 0 Å². The molecule has 4 heteroatoms. The second kappa shape index (κ2) is 6.14. The minimum absolute atomic E-state index is 0.492. The summed E-state index contributed by atoms with van der Waals surface area (Å²) in [5, 5.41) is 3.37. The minimum Gasteiger partial charge on any atom is -0.344 e. The van der Waals surface area contributed by atoms with Crippen molar-refractivity contribution in [1.82, 2.24) is 15.3 Å². The van der Waals surface area contributed by atoms with Gasteiger partial charge in [-0.3, -0.25) is 0 Å². The normalized spacial score (nSPS) is 15.8. The molecule has 0 bridgehead atoms. The van der Waals surface area contributed by atoms with Gasteiger partial charge in [0.1, 0.15) is 0 Å². The van der Waals surface area contributed by atoms with E-state index in [9.17, 15) is 0 Å². The summed E-state index contributed by atoms with van der Waals surface area (Å²) in [5.41, 5.74) is 1.14. The highest BCUT2D eigenvalue weighted by molar-refractivity contribution is 5.28. The van der Waals surface area contributed by atoms with Crippen LogP contribution in [0.4, 0.5) is 5.95 Å². The molecule has 1 heterocycles. The smallest absolute Gasteiger partial charge is 0.225 e. The van der Waals surface area contributed by atoms with E-state index in [4.69, 9.17) is 0 Å². The molecule has 1 saturated carbocycles. The van der Waals surface area contributed by atoms with E-state index >= 15 is 0 Å². The fourth-order valence-corrected chi connectivity index (χ4v) is 2.10. The largest absolute Gasteiger partial charge is 0.344 e. The summed E-state index contributed by atoms with van der Waals surface area (Å²) in [7, 11) is 2.08. The molecule has 0 atom stereocenters. The van der Waals surface area contributed by atoms with Gasteiger partial charge in [-0.1, -0.05) is 20.3 Å². The second-order valence-corrected chi connectivity index (χ2v) is 5.60. The van der Waals surface area contributed by atoms with Crippen LogP contribution in [0.1, 0.15) is 38.7 Å². The Morgan fingerprint density at radius 1 is 1.33 bits per heavy atom. The predicted molar refractivity (Wildman–Crippen MR) is 74.6 cm³/mol. The van der Waals surface area contributed by atoms with Crippen LogP contribution < -0.4 is 10.2 Å². The molecule has 0 saturated heterocycles. The first kappa shape index (κ1) is 13.3. The molecule has 18 heavy (non-hydrogen) atoms. The highest BCUT2D eigenvalue weighted by Crippen LogP contribution is 2.27. The van der Waals surface area contributed by atoms with Crippen molar-refractivity contribution in [3.05, 3.63) is 18.0 Å². The van der Waals surface area contributed by atoms with Crippen LogP contribution in [0.5, 0.6) is 0 Å². The Bertz CT molecular complexity index is 357. The number of anilines is 1. The van der Waals surface area contributed by atoms with E-state index in [-0.39, 0.29) is 0 Å². The van der Waals surface area contributed by atoms with E-state index in [0.29, 0.717) is 6.04 Å². The number of hydrogen-bond acceptors (Lipinski definition) is 4. The van der Waals surface area contributed by atoms with Crippen LogP contribution in [0.2, 0.25) is 0 Å². The number of nitrogens with one attached hydrogen (secondary N) is 1. The fraction of sp³-hybridized carbons (Fsp3) is 0.714. The number of hydrogen-bond donors (Lipinski definition) is 1. The second-order valence-electron chi connectivity index (χ2n) is 5.60. The van der Waals surface area contributed by atoms with Crippen LogP contribution in [0, 0.1) is 5.92 Å². The molecule has 0 radical (unpaired) electrons. The first-order chi connectivity index (χ1) is 8.65. The molecule has 0 unspecified atom stereocenters. The Labute approximate surface area is 110 Å². The summed E-state index contributed by atoms with van der Waals surface area (Å²) in [5.74, 6) is 1.69. The lowest BCUT2D eigenvalue weighted by Crippen LogP contribution is -2.30. The Balaban J connectivity index is 1.85. The molecule has 100 valence electrons. The van der Waals surface area contributed by atoms with Crippen molar-refractivity contribution >= 4 is 5.95 Å². The Morgan fingerprint density at radius 3 is 2.50 bits per heavy atom. The third-order valence-corrected chi connectivity index (χ3v) is 3.50. The molecule has 1 aromatic heterocycles. The van der Waals surface area contributed by atoms with Crippen molar-refractivity contribution in [2.24, 2.45) is 5.92 Å². The van der Waals surface area contributed by atoms with Crippen molar-refractivity contribution in [2.45, 2.75) is 45.7 Å². The number of rotatable bonds is 6. The molecule has 4 nitrogen and oxygen atoms in total. The van der Waals surface area contributed by atoms with Gasteiger partial charge in [0.15, 0.2) is 0 Å². The quantitative estimate of drug-likeness (QED) is 0.838. The van der Waals surface area contributed by atoms with E-state index in [1.165, 1.54) is 19.3 Å². The standard InChI is InChI=1S/C14H24N4/c1-11(2)15-7-13-8-16-14(17-9-13)18(3)10-12-5-4-6-12/h8-9,11-12,15H,4-7,10H2,1-3H3. The van der Waals surface area contributed by atoms with Crippen LogP contribution in [0.25, 0.3) is 0 Å². The van der Waals surface area contributed by atoms with E-state index < -0.39 is 0 Å². The van der Waals surface area contributed by atoms with Gasteiger partial charge in [-0.05, 0) is 18.8 Å². The van der Waals surface area contributed by atoms with Gasteiger partial charge in [0, 0.05) is 44.1 Å². The summed E-state index contributed by atoms with van der Waals surface area (Å²) in [4.78, 5) is 11.1. The third kappa shape index (κ3) is 3.67. The summed E-state index contributed by atoms with van der Waals surface area (Å²) in [6.45, 7) is 6.21. The highest BCUT2D eigenvalue weighted by Gasteiger charge is 2.19. The van der Waals surface area contributed by atoms with E-state index in [1.54, 1.807) is 0 Å².